The van der Waals surface area contributed by atoms with Gasteiger partial charge in [-0.3, -0.25) is 0 Å². The third kappa shape index (κ3) is 3.44. The zero-order valence-electron chi connectivity index (χ0n) is 10.4. The highest BCUT2D eigenvalue weighted by Gasteiger charge is 2.17. The van der Waals surface area contributed by atoms with E-state index < -0.39 is 16.1 Å². The fourth-order valence-corrected chi connectivity index (χ4v) is 2.61. The second-order valence-electron chi connectivity index (χ2n) is 4.20. The first-order valence-electron chi connectivity index (χ1n) is 5.77. The molecule has 19 heavy (non-hydrogen) atoms. The molecule has 0 bridgehead atoms. The molecule has 0 radical (unpaired) electrons. The first kappa shape index (κ1) is 13.8. The number of aliphatic hydroxyl groups excluding tert-OH is 1. The van der Waals surface area contributed by atoms with E-state index in [1.165, 1.54) is 18.4 Å². The summed E-state index contributed by atoms with van der Waals surface area (Å²) in [6.07, 6.45) is 0.419. The van der Waals surface area contributed by atoms with Gasteiger partial charge in [-0.15, -0.1) is 0 Å². The largest absolute Gasteiger partial charge is 0.467 e. The molecule has 1 atom stereocenters. The topological polar surface area (TPSA) is 79.5 Å². The van der Waals surface area contributed by atoms with Gasteiger partial charge in [0.15, 0.2) is 0 Å². The molecule has 0 aliphatic heterocycles. The summed E-state index contributed by atoms with van der Waals surface area (Å²) < 4.78 is 31.3. The first-order valence-corrected chi connectivity index (χ1v) is 7.25. The monoisotopic (exact) mass is 281 g/mol. The van der Waals surface area contributed by atoms with Crippen molar-refractivity contribution < 1.29 is 17.9 Å². The van der Waals surface area contributed by atoms with Crippen LogP contribution in [0.4, 0.5) is 0 Å². The Morgan fingerprint density at radius 2 is 1.95 bits per heavy atom. The molecule has 1 aromatic carbocycles. The Kier molecular flexibility index (Phi) is 4.04. The smallest absolute Gasteiger partial charge is 0.240 e. The van der Waals surface area contributed by atoms with Crippen LogP contribution in [0.2, 0.25) is 0 Å². The van der Waals surface area contributed by atoms with E-state index in [0.29, 0.717) is 5.76 Å². The molecule has 0 amide bonds. The Morgan fingerprint density at radius 3 is 2.53 bits per heavy atom. The highest BCUT2D eigenvalue weighted by Crippen LogP contribution is 2.14. The van der Waals surface area contributed by atoms with E-state index in [2.05, 4.69) is 4.72 Å². The number of rotatable bonds is 5. The zero-order chi connectivity index (χ0) is 13.9. The number of sulfonamides is 1. The maximum absolute atomic E-state index is 12.0. The van der Waals surface area contributed by atoms with E-state index >= 15 is 0 Å². The lowest BCUT2D eigenvalue weighted by Crippen LogP contribution is -2.28. The van der Waals surface area contributed by atoms with E-state index in [1.807, 2.05) is 6.92 Å². The molecule has 0 fully saturated rings. The van der Waals surface area contributed by atoms with Gasteiger partial charge in [0, 0.05) is 6.54 Å². The van der Waals surface area contributed by atoms with Crippen LogP contribution in [0.25, 0.3) is 0 Å². The Bertz CT molecular complexity index is 617. The molecule has 2 aromatic rings. The molecule has 0 saturated heterocycles. The summed E-state index contributed by atoms with van der Waals surface area (Å²) >= 11 is 0. The van der Waals surface area contributed by atoms with Gasteiger partial charge in [-0.25, -0.2) is 13.1 Å². The van der Waals surface area contributed by atoms with Gasteiger partial charge in [0.2, 0.25) is 10.0 Å². The maximum atomic E-state index is 12.0. The van der Waals surface area contributed by atoms with Crippen molar-refractivity contribution in [2.45, 2.75) is 17.9 Å². The van der Waals surface area contributed by atoms with Crippen molar-refractivity contribution in [2.24, 2.45) is 0 Å². The van der Waals surface area contributed by atoms with Crippen LogP contribution < -0.4 is 4.72 Å². The Balaban J connectivity index is 2.04. The molecule has 1 unspecified atom stereocenters. The molecule has 0 aliphatic carbocycles. The van der Waals surface area contributed by atoms with E-state index in [-0.39, 0.29) is 11.4 Å². The normalized spacial score (nSPS) is 13.4. The Morgan fingerprint density at radius 1 is 1.26 bits per heavy atom. The molecular formula is C13H15NO4S. The SMILES string of the molecule is Cc1ccc(S(=O)(=O)NCC(O)c2ccco2)cc1. The molecule has 0 spiro atoms. The highest BCUT2D eigenvalue weighted by molar-refractivity contribution is 7.89. The standard InChI is InChI=1S/C13H15NO4S/c1-10-4-6-11(7-5-10)19(16,17)14-9-12(15)13-3-2-8-18-13/h2-8,12,14-15H,9H2,1H3. The minimum Gasteiger partial charge on any atom is -0.467 e. The predicted molar refractivity (Wildman–Crippen MR) is 70.0 cm³/mol. The number of aliphatic hydroxyl groups is 1. The summed E-state index contributed by atoms with van der Waals surface area (Å²) in [5, 5.41) is 9.74. The first-order chi connectivity index (χ1) is 8.99. The van der Waals surface area contributed by atoms with Gasteiger partial charge in [-0.2, -0.15) is 0 Å². The molecule has 6 heteroatoms. The Labute approximate surface area is 111 Å². The fourth-order valence-electron chi connectivity index (χ4n) is 1.57. The van der Waals surface area contributed by atoms with Crippen molar-refractivity contribution in [3.63, 3.8) is 0 Å². The number of hydrogen-bond acceptors (Lipinski definition) is 4. The van der Waals surface area contributed by atoms with Crippen LogP contribution >= 0.6 is 0 Å². The third-order valence-electron chi connectivity index (χ3n) is 2.67. The van der Waals surface area contributed by atoms with Crippen LogP contribution in [0.15, 0.2) is 52.0 Å². The van der Waals surface area contributed by atoms with Crippen LogP contribution in [0.1, 0.15) is 17.4 Å². The van der Waals surface area contributed by atoms with E-state index in [0.717, 1.165) is 5.56 Å². The lowest BCUT2D eigenvalue weighted by molar-refractivity contribution is 0.154. The zero-order valence-corrected chi connectivity index (χ0v) is 11.2. The second-order valence-corrected chi connectivity index (χ2v) is 5.96. The Hall–Kier alpha value is -1.63. The van der Waals surface area contributed by atoms with Gasteiger partial charge in [0.25, 0.3) is 0 Å². The molecule has 2 N–H and O–H groups in total. The minimum absolute atomic E-state index is 0.135. The summed E-state index contributed by atoms with van der Waals surface area (Å²) in [4.78, 5) is 0.171. The number of hydrogen-bond donors (Lipinski definition) is 2. The highest BCUT2D eigenvalue weighted by atomic mass is 32.2. The molecule has 0 saturated carbocycles. The van der Waals surface area contributed by atoms with Crippen molar-refractivity contribution >= 4 is 10.0 Å². The molecule has 1 heterocycles. The average molecular weight is 281 g/mol. The van der Waals surface area contributed by atoms with E-state index in [1.54, 1.807) is 24.3 Å². The van der Waals surface area contributed by atoms with Gasteiger partial charge < -0.3 is 9.52 Å². The fraction of sp³-hybridized carbons (Fsp3) is 0.231. The van der Waals surface area contributed by atoms with E-state index in [4.69, 9.17) is 4.42 Å². The number of benzene rings is 1. The van der Waals surface area contributed by atoms with Crippen molar-refractivity contribution in [3.8, 4) is 0 Å². The summed E-state index contributed by atoms with van der Waals surface area (Å²) in [6, 6.07) is 9.71. The molecular weight excluding hydrogens is 266 g/mol. The predicted octanol–water partition coefficient (Wildman–Crippen LogP) is 1.60. The van der Waals surface area contributed by atoms with Crippen molar-refractivity contribution in [1.82, 2.24) is 4.72 Å². The van der Waals surface area contributed by atoms with Gasteiger partial charge in [0.1, 0.15) is 11.9 Å². The number of aryl methyl sites for hydroxylation is 1. The van der Waals surface area contributed by atoms with Crippen molar-refractivity contribution in [1.29, 1.82) is 0 Å². The summed E-state index contributed by atoms with van der Waals surface area (Å²) in [5.41, 5.74) is 0.981. The lowest BCUT2D eigenvalue weighted by atomic mass is 10.2. The van der Waals surface area contributed by atoms with Crippen LogP contribution in [0.5, 0.6) is 0 Å². The van der Waals surface area contributed by atoms with Gasteiger partial charge in [-0.1, -0.05) is 17.7 Å². The molecule has 0 aliphatic rings. The molecule has 2 rings (SSSR count). The maximum Gasteiger partial charge on any atom is 0.240 e. The quantitative estimate of drug-likeness (QED) is 0.872. The van der Waals surface area contributed by atoms with Crippen molar-refractivity contribution in [2.75, 3.05) is 6.54 Å². The van der Waals surface area contributed by atoms with Gasteiger partial charge in [0.05, 0.1) is 11.2 Å². The van der Waals surface area contributed by atoms with E-state index in [9.17, 15) is 13.5 Å². The lowest BCUT2D eigenvalue weighted by Gasteiger charge is -2.10. The van der Waals surface area contributed by atoms with Crippen LogP contribution in [0.3, 0.4) is 0 Å². The van der Waals surface area contributed by atoms with Gasteiger partial charge >= 0.3 is 0 Å². The minimum atomic E-state index is -3.61. The van der Waals surface area contributed by atoms with Crippen LogP contribution in [0, 0.1) is 6.92 Å². The number of furan rings is 1. The average Bonchev–Trinajstić information content (AvgIpc) is 2.90. The van der Waals surface area contributed by atoms with Crippen LogP contribution in [-0.2, 0) is 10.0 Å². The summed E-state index contributed by atoms with van der Waals surface area (Å²) in [5.74, 6) is 0.326. The van der Waals surface area contributed by atoms with Crippen LogP contribution in [-0.4, -0.2) is 20.1 Å². The van der Waals surface area contributed by atoms with Gasteiger partial charge in [-0.05, 0) is 31.2 Å². The van der Waals surface area contributed by atoms with Crippen molar-refractivity contribution in [3.05, 3.63) is 54.0 Å². The molecule has 102 valence electrons. The number of nitrogens with one attached hydrogen (secondary N) is 1. The third-order valence-corrected chi connectivity index (χ3v) is 4.11. The summed E-state index contributed by atoms with van der Waals surface area (Å²) in [6.45, 7) is 1.74. The summed E-state index contributed by atoms with van der Waals surface area (Å²) in [7, 11) is -3.61. The second kappa shape index (κ2) is 5.56. The molecule has 1 aromatic heterocycles. The molecule has 5 nitrogen and oxygen atoms in total.